The maximum atomic E-state index is 11.1. The van der Waals surface area contributed by atoms with Crippen LogP contribution in [0.2, 0.25) is 0 Å². The first-order valence-electron chi connectivity index (χ1n) is 5.03. The van der Waals surface area contributed by atoms with Crippen molar-refractivity contribution < 1.29 is 14.6 Å². The molecule has 16 heavy (non-hydrogen) atoms. The SMILES string of the molecule is COc1ccccc1C(N)C(C)(C)C(=O)O. The normalized spacial score (nSPS) is 13.2. The highest BCUT2D eigenvalue weighted by Gasteiger charge is 2.36. The monoisotopic (exact) mass is 223 g/mol. The maximum absolute atomic E-state index is 11.1. The van der Waals surface area contributed by atoms with Crippen LogP contribution < -0.4 is 10.5 Å². The summed E-state index contributed by atoms with van der Waals surface area (Å²) in [4.78, 5) is 11.1. The topological polar surface area (TPSA) is 72.5 Å². The fourth-order valence-corrected chi connectivity index (χ4v) is 1.45. The van der Waals surface area contributed by atoms with Crippen molar-refractivity contribution in [1.82, 2.24) is 0 Å². The summed E-state index contributed by atoms with van der Waals surface area (Å²) in [5.41, 5.74) is 5.66. The van der Waals surface area contributed by atoms with Crippen LogP contribution in [0.15, 0.2) is 24.3 Å². The second-order valence-corrected chi connectivity index (χ2v) is 4.25. The average Bonchev–Trinajstić information content (AvgIpc) is 2.27. The van der Waals surface area contributed by atoms with Crippen molar-refractivity contribution in [3.63, 3.8) is 0 Å². The van der Waals surface area contributed by atoms with Gasteiger partial charge in [-0.25, -0.2) is 0 Å². The van der Waals surface area contributed by atoms with Gasteiger partial charge in [0.05, 0.1) is 12.5 Å². The van der Waals surface area contributed by atoms with E-state index >= 15 is 0 Å². The van der Waals surface area contributed by atoms with Gasteiger partial charge in [0.1, 0.15) is 5.75 Å². The number of carbonyl (C=O) groups is 1. The Morgan fingerprint density at radius 2 is 2.00 bits per heavy atom. The third kappa shape index (κ3) is 2.17. The largest absolute Gasteiger partial charge is 0.496 e. The van der Waals surface area contributed by atoms with Gasteiger partial charge in [0.25, 0.3) is 0 Å². The van der Waals surface area contributed by atoms with E-state index in [1.165, 1.54) is 0 Å². The second kappa shape index (κ2) is 4.53. The van der Waals surface area contributed by atoms with Crippen LogP contribution in [-0.4, -0.2) is 18.2 Å². The van der Waals surface area contributed by atoms with Crippen LogP contribution in [0.3, 0.4) is 0 Å². The van der Waals surface area contributed by atoms with Crippen LogP contribution in [0.25, 0.3) is 0 Å². The summed E-state index contributed by atoms with van der Waals surface area (Å²) in [6.07, 6.45) is 0. The van der Waals surface area contributed by atoms with Crippen molar-refractivity contribution in [2.24, 2.45) is 11.1 Å². The van der Waals surface area contributed by atoms with E-state index in [0.29, 0.717) is 11.3 Å². The van der Waals surface area contributed by atoms with E-state index < -0.39 is 17.4 Å². The third-order valence-electron chi connectivity index (χ3n) is 2.80. The molecular weight excluding hydrogens is 206 g/mol. The second-order valence-electron chi connectivity index (χ2n) is 4.25. The number of methoxy groups -OCH3 is 1. The third-order valence-corrected chi connectivity index (χ3v) is 2.80. The van der Waals surface area contributed by atoms with E-state index in [-0.39, 0.29) is 0 Å². The Bertz CT molecular complexity index is 388. The number of aliphatic carboxylic acids is 1. The molecule has 1 aromatic carbocycles. The lowest BCUT2D eigenvalue weighted by molar-refractivity contribution is -0.148. The quantitative estimate of drug-likeness (QED) is 0.816. The molecule has 0 aliphatic heterocycles. The van der Waals surface area contributed by atoms with Gasteiger partial charge < -0.3 is 15.6 Å². The number of benzene rings is 1. The molecular formula is C12H17NO3. The first kappa shape index (κ1) is 12.5. The number of nitrogens with two attached hydrogens (primary N) is 1. The molecule has 1 unspecified atom stereocenters. The number of hydrogen-bond donors (Lipinski definition) is 2. The number of ether oxygens (including phenoxy) is 1. The summed E-state index contributed by atoms with van der Waals surface area (Å²) in [6.45, 7) is 3.21. The molecule has 0 amide bonds. The average molecular weight is 223 g/mol. The minimum Gasteiger partial charge on any atom is -0.496 e. The number of rotatable bonds is 4. The number of para-hydroxylation sites is 1. The summed E-state index contributed by atoms with van der Waals surface area (Å²) in [5.74, 6) is -0.310. The summed E-state index contributed by atoms with van der Waals surface area (Å²) in [5, 5.41) is 9.12. The van der Waals surface area contributed by atoms with Crippen molar-refractivity contribution in [3.05, 3.63) is 29.8 Å². The molecule has 1 aromatic rings. The minimum atomic E-state index is -1.03. The highest BCUT2D eigenvalue weighted by Crippen LogP contribution is 2.35. The van der Waals surface area contributed by atoms with Crippen LogP contribution in [0.1, 0.15) is 25.5 Å². The summed E-state index contributed by atoms with van der Waals surface area (Å²) in [6, 6.07) is 6.58. The van der Waals surface area contributed by atoms with Gasteiger partial charge in [-0.2, -0.15) is 0 Å². The molecule has 1 rings (SSSR count). The molecule has 0 aliphatic rings. The Labute approximate surface area is 95.0 Å². The van der Waals surface area contributed by atoms with Gasteiger partial charge in [0.15, 0.2) is 0 Å². The van der Waals surface area contributed by atoms with Gasteiger partial charge >= 0.3 is 5.97 Å². The molecule has 0 fully saturated rings. The number of carboxylic acids is 1. The van der Waals surface area contributed by atoms with Crippen LogP contribution in [-0.2, 0) is 4.79 Å². The van der Waals surface area contributed by atoms with Gasteiger partial charge in [-0.05, 0) is 19.9 Å². The van der Waals surface area contributed by atoms with E-state index in [1.54, 1.807) is 33.1 Å². The van der Waals surface area contributed by atoms with Crippen molar-refractivity contribution in [3.8, 4) is 5.75 Å². The molecule has 0 radical (unpaired) electrons. The fraction of sp³-hybridized carbons (Fsp3) is 0.417. The van der Waals surface area contributed by atoms with Crippen molar-refractivity contribution >= 4 is 5.97 Å². The first-order chi connectivity index (χ1) is 7.41. The van der Waals surface area contributed by atoms with Crippen molar-refractivity contribution in [2.45, 2.75) is 19.9 Å². The van der Waals surface area contributed by atoms with Gasteiger partial charge in [-0.3, -0.25) is 4.79 Å². The summed E-state index contributed by atoms with van der Waals surface area (Å²) >= 11 is 0. The lowest BCUT2D eigenvalue weighted by Gasteiger charge is -2.28. The van der Waals surface area contributed by atoms with Crippen LogP contribution in [0.4, 0.5) is 0 Å². The van der Waals surface area contributed by atoms with E-state index in [0.717, 1.165) is 0 Å². The first-order valence-corrected chi connectivity index (χ1v) is 5.03. The Morgan fingerprint density at radius 1 is 1.44 bits per heavy atom. The maximum Gasteiger partial charge on any atom is 0.311 e. The van der Waals surface area contributed by atoms with Crippen molar-refractivity contribution in [1.29, 1.82) is 0 Å². The van der Waals surface area contributed by atoms with E-state index in [9.17, 15) is 4.79 Å². The molecule has 4 nitrogen and oxygen atoms in total. The highest BCUT2D eigenvalue weighted by molar-refractivity contribution is 5.75. The lowest BCUT2D eigenvalue weighted by Crippen LogP contribution is -2.36. The zero-order valence-electron chi connectivity index (χ0n) is 9.73. The summed E-state index contributed by atoms with van der Waals surface area (Å²) < 4.78 is 5.17. The standard InChI is InChI=1S/C12H17NO3/c1-12(2,11(14)15)10(13)8-6-4-5-7-9(8)16-3/h4-7,10H,13H2,1-3H3,(H,14,15). The van der Waals surface area contributed by atoms with E-state index in [4.69, 9.17) is 15.6 Å². The Morgan fingerprint density at radius 3 is 2.50 bits per heavy atom. The van der Waals surface area contributed by atoms with Crippen LogP contribution in [0.5, 0.6) is 5.75 Å². The molecule has 0 aliphatic carbocycles. The van der Waals surface area contributed by atoms with E-state index in [2.05, 4.69) is 0 Å². The highest BCUT2D eigenvalue weighted by atomic mass is 16.5. The molecule has 88 valence electrons. The molecule has 1 atom stereocenters. The zero-order valence-corrected chi connectivity index (χ0v) is 9.73. The molecule has 0 bridgehead atoms. The molecule has 0 saturated heterocycles. The van der Waals surface area contributed by atoms with Gasteiger partial charge in [-0.15, -0.1) is 0 Å². The van der Waals surface area contributed by atoms with Gasteiger partial charge in [-0.1, -0.05) is 18.2 Å². The van der Waals surface area contributed by atoms with Gasteiger partial charge in [0.2, 0.25) is 0 Å². The predicted octanol–water partition coefficient (Wildman–Crippen LogP) is 1.81. The lowest BCUT2D eigenvalue weighted by atomic mass is 9.81. The Hall–Kier alpha value is -1.55. The van der Waals surface area contributed by atoms with Gasteiger partial charge in [0, 0.05) is 11.6 Å². The van der Waals surface area contributed by atoms with Crippen LogP contribution >= 0.6 is 0 Å². The van der Waals surface area contributed by atoms with E-state index in [1.807, 2.05) is 12.1 Å². The molecule has 0 aromatic heterocycles. The number of carboxylic acid groups (broad SMARTS) is 1. The zero-order chi connectivity index (χ0) is 12.3. The van der Waals surface area contributed by atoms with Crippen molar-refractivity contribution in [2.75, 3.05) is 7.11 Å². The fourth-order valence-electron chi connectivity index (χ4n) is 1.45. The Kier molecular flexibility index (Phi) is 3.55. The Balaban J connectivity index is 3.14. The molecule has 0 heterocycles. The predicted molar refractivity (Wildman–Crippen MR) is 61.3 cm³/mol. The molecule has 0 saturated carbocycles. The smallest absolute Gasteiger partial charge is 0.311 e. The van der Waals surface area contributed by atoms with Crippen LogP contribution in [0, 0.1) is 5.41 Å². The minimum absolute atomic E-state index is 0.610. The molecule has 3 N–H and O–H groups in total. The molecule has 0 spiro atoms. The number of hydrogen-bond acceptors (Lipinski definition) is 3. The summed E-state index contributed by atoms with van der Waals surface area (Å²) in [7, 11) is 1.54. The molecule has 4 heteroatoms.